The van der Waals surface area contributed by atoms with E-state index in [2.05, 4.69) is 116 Å². The summed E-state index contributed by atoms with van der Waals surface area (Å²) in [6, 6.07) is 42.2. The van der Waals surface area contributed by atoms with Crippen LogP contribution in [-0.2, 0) is 5.41 Å². The lowest BCUT2D eigenvalue weighted by Crippen LogP contribution is -2.23. The minimum absolute atomic E-state index is 0.0540. The van der Waals surface area contributed by atoms with E-state index in [1.54, 1.807) is 12.1 Å². The Labute approximate surface area is 240 Å². The molecule has 0 bridgehead atoms. The van der Waals surface area contributed by atoms with E-state index in [9.17, 15) is 9.90 Å². The third-order valence-electron chi connectivity index (χ3n) is 9.06. The van der Waals surface area contributed by atoms with E-state index >= 15 is 0 Å². The molecule has 3 heteroatoms. The van der Waals surface area contributed by atoms with Crippen molar-refractivity contribution in [1.29, 1.82) is 0 Å². The molecule has 0 saturated heterocycles. The lowest BCUT2D eigenvalue weighted by atomic mass is 9.74. The van der Waals surface area contributed by atoms with Crippen LogP contribution < -0.4 is 4.90 Å². The van der Waals surface area contributed by atoms with E-state index in [0.29, 0.717) is 0 Å². The van der Waals surface area contributed by atoms with E-state index in [4.69, 9.17) is 0 Å². The fourth-order valence-corrected chi connectivity index (χ4v) is 6.99. The zero-order chi connectivity index (χ0) is 28.1. The van der Waals surface area contributed by atoms with Gasteiger partial charge in [0, 0.05) is 27.6 Å². The molecule has 0 radical (unpaired) electrons. The van der Waals surface area contributed by atoms with Crippen LogP contribution in [-0.4, -0.2) is 11.1 Å². The molecule has 1 aliphatic rings. The molecule has 0 spiro atoms. The molecule has 0 aromatic heterocycles. The summed E-state index contributed by atoms with van der Waals surface area (Å²) >= 11 is 0. The Morgan fingerprint density at radius 2 is 1.20 bits per heavy atom. The van der Waals surface area contributed by atoms with Crippen molar-refractivity contribution < 1.29 is 9.90 Å². The Hall–Kier alpha value is -4.89. The molecule has 0 heterocycles. The van der Waals surface area contributed by atoms with Crippen LogP contribution in [0.15, 0.2) is 121 Å². The number of hydrogen-bond acceptors (Lipinski definition) is 2. The highest BCUT2D eigenvalue weighted by molar-refractivity contribution is 6.14. The number of hydrogen-bond donors (Lipinski definition) is 1. The topological polar surface area (TPSA) is 40.5 Å². The lowest BCUT2D eigenvalue weighted by Gasteiger charge is -2.32. The maximum absolute atomic E-state index is 11.7. The number of nitrogens with zero attached hydrogens (tertiary/aromatic N) is 1. The van der Waals surface area contributed by atoms with Crippen molar-refractivity contribution in [3.8, 4) is 11.1 Å². The van der Waals surface area contributed by atoms with Gasteiger partial charge < -0.3 is 10.0 Å². The van der Waals surface area contributed by atoms with Gasteiger partial charge in [-0.3, -0.25) is 0 Å². The first-order chi connectivity index (χ1) is 20.1. The molecule has 1 aliphatic carbocycles. The third kappa shape index (κ3) is 3.76. The quantitative estimate of drug-likeness (QED) is 0.217. The van der Waals surface area contributed by atoms with Gasteiger partial charge in [-0.25, -0.2) is 4.79 Å². The van der Waals surface area contributed by atoms with Gasteiger partial charge in [0.1, 0.15) is 0 Å². The van der Waals surface area contributed by atoms with E-state index < -0.39 is 5.97 Å². The molecule has 0 amide bonds. The Kier molecular flexibility index (Phi) is 5.90. The summed E-state index contributed by atoms with van der Waals surface area (Å²) in [4.78, 5) is 14.0. The smallest absolute Gasteiger partial charge is 0.335 e. The van der Waals surface area contributed by atoms with Crippen molar-refractivity contribution in [3.63, 3.8) is 0 Å². The molecule has 3 nitrogen and oxygen atoms in total. The van der Waals surface area contributed by atoms with Gasteiger partial charge in [0.25, 0.3) is 0 Å². The first-order valence-electron chi connectivity index (χ1n) is 14.3. The predicted octanol–water partition coefficient (Wildman–Crippen LogP) is 10.2. The summed E-state index contributed by atoms with van der Waals surface area (Å²) in [6.45, 7) is 4.59. The highest BCUT2D eigenvalue weighted by Gasteiger charge is 2.40. The molecule has 0 saturated carbocycles. The monoisotopic (exact) mass is 533 g/mol. The molecular weight excluding hydrogens is 502 g/mol. The second-order valence-corrected chi connectivity index (χ2v) is 10.9. The van der Waals surface area contributed by atoms with Crippen molar-refractivity contribution in [2.75, 3.05) is 4.90 Å². The van der Waals surface area contributed by atoms with Crippen molar-refractivity contribution in [3.05, 3.63) is 138 Å². The highest BCUT2D eigenvalue weighted by Crippen LogP contribution is 2.54. The van der Waals surface area contributed by atoms with Crippen LogP contribution in [0.3, 0.4) is 0 Å². The highest BCUT2D eigenvalue weighted by atomic mass is 16.4. The van der Waals surface area contributed by atoms with Crippen LogP contribution in [0.2, 0.25) is 0 Å². The summed E-state index contributed by atoms with van der Waals surface area (Å²) in [5.74, 6) is -0.926. The number of anilines is 3. The zero-order valence-corrected chi connectivity index (χ0v) is 23.3. The molecule has 0 aliphatic heterocycles. The van der Waals surface area contributed by atoms with Crippen LogP contribution >= 0.6 is 0 Å². The van der Waals surface area contributed by atoms with E-state index in [1.165, 1.54) is 33.0 Å². The molecule has 6 aromatic carbocycles. The maximum Gasteiger partial charge on any atom is 0.335 e. The predicted molar refractivity (Wildman–Crippen MR) is 170 cm³/mol. The van der Waals surface area contributed by atoms with Gasteiger partial charge in [0.2, 0.25) is 0 Å². The van der Waals surface area contributed by atoms with Crippen molar-refractivity contribution >= 4 is 44.6 Å². The van der Waals surface area contributed by atoms with Gasteiger partial charge >= 0.3 is 5.97 Å². The molecule has 1 N–H and O–H groups in total. The van der Waals surface area contributed by atoms with Crippen molar-refractivity contribution in [1.82, 2.24) is 0 Å². The number of carboxylic acid groups (broad SMARTS) is 1. The summed E-state index contributed by atoms with van der Waals surface area (Å²) in [5.41, 5.74) is 8.69. The first kappa shape index (κ1) is 25.1. The van der Waals surface area contributed by atoms with Gasteiger partial charge in [0.15, 0.2) is 0 Å². The van der Waals surface area contributed by atoms with Crippen LogP contribution in [0, 0.1) is 0 Å². The van der Waals surface area contributed by atoms with E-state index in [-0.39, 0.29) is 11.0 Å². The molecule has 6 aromatic rings. The minimum Gasteiger partial charge on any atom is -0.478 e. The standard InChI is InChI=1S/C38H31NO2/c1-3-38(4-2)34-16-10-9-15-32(34)33-22-21-29(24-35(33)38)39(28-19-17-25(18-20-28)37(40)41)36-30-13-7-5-11-26(30)23-27-12-6-8-14-31(27)36/h5-24H,3-4H2,1-2H3,(H,40,41). The van der Waals surface area contributed by atoms with E-state index in [1.807, 2.05) is 12.1 Å². The number of fused-ring (bicyclic) bond motifs is 5. The molecule has 200 valence electrons. The number of carbonyl (C=O) groups is 1. The van der Waals surface area contributed by atoms with Crippen LogP contribution in [0.1, 0.15) is 48.2 Å². The van der Waals surface area contributed by atoms with Gasteiger partial charge in [-0.1, -0.05) is 92.7 Å². The Bertz CT molecular complexity index is 1900. The van der Waals surface area contributed by atoms with Gasteiger partial charge in [-0.2, -0.15) is 0 Å². The minimum atomic E-state index is -0.926. The Morgan fingerprint density at radius 3 is 1.83 bits per heavy atom. The summed E-state index contributed by atoms with van der Waals surface area (Å²) in [7, 11) is 0. The number of rotatable bonds is 6. The van der Waals surface area contributed by atoms with Gasteiger partial charge in [0.05, 0.1) is 11.3 Å². The zero-order valence-electron chi connectivity index (χ0n) is 23.3. The number of aromatic carboxylic acids is 1. The Balaban J connectivity index is 1.55. The average Bonchev–Trinajstić information content (AvgIpc) is 3.30. The molecule has 41 heavy (non-hydrogen) atoms. The van der Waals surface area contributed by atoms with Crippen LogP contribution in [0.5, 0.6) is 0 Å². The molecular formula is C38H31NO2. The van der Waals surface area contributed by atoms with Gasteiger partial charge in [-0.05, 0) is 88.3 Å². The van der Waals surface area contributed by atoms with Crippen molar-refractivity contribution in [2.45, 2.75) is 32.1 Å². The SMILES string of the molecule is CCC1(CC)c2ccccc2-c2ccc(N(c3ccc(C(=O)O)cc3)c3c4ccccc4cc4ccccc34)cc21. The van der Waals surface area contributed by atoms with Crippen molar-refractivity contribution in [2.24, 2.45) is 0 Å². The van der Waals surface area contributed by atoms with Gasteiger partial charge in [-0.15, -0.1) is 0 Å². The number of carboxylic acids is 1. The average molecular weight is 534 g/mol. The fraction of sp³-hybridized carbons (Fsp3) is 0.132. The van der Waals surface area contributed by atoms with Crippen LogP contribution in [0.25, 0.3) is 32.7 Å². The summed E-state index contributed by atoms with van der Waals surface area (Å²) in [6.07, 6.45) is 2.03. The first-order valence-corrected chi connectivity index (χ1v) is 14.3. The molecule has 7 rings (SSSR count). The third-order valence-corrected chi connectivity index (χ3v) is 9.06. The van der Waals surface area contributed by atoms with E-state index in [0.717, 1.165) is 40.7 Å². The van der Waals surface area contributed by atoms with Crippen LogP contribution in [0.4, 0.5) is 17.1 Å². The molecule has 0 atom stereocenters. The number of benzene rings is 6. The largest absolute Gasteiger partial charge is 0.478 e. The second kappa shape index (κ2) is 9.64. The molecule has 0 fully saturated rings. The maximum atomic E-state index is 11.7. The summed E-state index contributed by atoms with van der Waals surface area (Å²) < 4.78 is 0. The lowest BCUT2D eigenvalue weighted by molar-refractivity contribution is 0.0697. The molecule has 0 unspecified atom stereocenters. The summed E-state index contributed by atoms with van der Waals surface area (Å²) in [5, 5.41) is 14.2. The normalized spacial score (nSPS) is 13.2. The second-order valence-electron chi connectivity index (χ2n) is 10.9. The Morgan fingerprint density at radius 1 is 0.634 bits per heavy atom. The fourth-order valence-electron chi connectivity index (χ4n) is 6.99.